The Morgan fingerprint density at radius 2 is 2.13 bits per heavy atom. The van der Waals surface area contributed by atoms with Crippen LogP contribution in [0.5, 0.6) is 0 Å². The van der Waals surface area contributed by atoms with E-state index in [-0.39, 0.29) is 11.7 Å². The van der Waals surface area contributed by atoms with Gasteiger partial charge in [-0.3, -0.25) is 10.1 Å². The van der Waals surface area contributed by atoms with Gasteiger partial charge in [0.1, 0.15) is 5.52 Å². The minimum Gasteiger partial charge on any atom is -0.436 e. The van der Waals surface area contributed by atoms with Gasteiger partial charge in [0.2, 0.25) is 5.89 Å². The average Bonchev–Trinajstić information content (AvgIpc) is 2.96. The van der Waals surface area contributed by atoms with Gasteiger partial charge in [0.15, 0.2) is 5.58 Å². The number of hydrogen-bond donors (Lipinski definition) is 1. The number of nitro benzene ring substituents is 1. The van der Waals surface area contributed by atoms with Crippen molar-refractivity contribution >= 4 is 32.7 Å². The molecule has 0 aliphatic carbocycles. The van der Waals surface area contributed by atoms with Gasteiger partial charge in [-0.2, -0.15) is 0 Å². The van der Waals surface area contributed by atoms with E-state index in [1.807, 2.05) is 19.1 Å². The lowest BCUT2D eigenvalue weighted by Crippen LogP contribution is -2.10. The molecule has 23 heavy (non-hydrogen) atoms. The topological polar surface area (TPSA) is 95.2 Å². The third kappa shape index (κ3) is 2.97. The van der Waals surface area contributed by atoms with Crippen LogP contribution >= 0.6 is 15.9 Å². The zero-order chi connectivity index (χ0) is 16.6. The molecular weight excluding hydrogens is 362 g/mol. The highest BCUT2D eigenvalue weighted by molar-refractivity contribution is 9.10. The van der Waals surface area contributed by atoms with Crippen molar-refractivity contribution in [2.24, 2.45) is 5.73 Å². The summed E-state index contributed by atoms with van der Waals surface area (Å²) in [6.45, 7) is 1.96. The van der Waals surface area contributed by atoms with Crippen molar-refractivity contribution in [3.63, 3.8) is 0 Å². The average molecular weight is 376 g/mol. The fourth-order valence-electron chi connectivity index (χ4n) is 2.40. The molecule has 1 heterocycles. The summed E-state index contributed by atoms with van der Waals surface area (Å²) in [6.07, 6.45) is 0.705. The first kappa shape index (κ1) is 15.6. The smallest absolute Gasteiger partial charge is 0.270 e. The van der Waals surface area contributed by atoms with Crippen molar-refractivity contribution in [2.45, 2.75) is 19.4 Å². The maximum absolute atomic E-state index is 11.1. The van der Waals surface area contributed by atoms with Crippen LogP contribution in [0, 0.1) is 10.1 Å². The third-order valence-electron chi connectivity index (χ3n) is 3.67. The molecule has 3 aromatic rings. The number of oxazole rings is 1. The van der Waals surface area contributed by atoms with E-state index in [0.717, 1.165) is 10.0 Å². The van der Waals surface area contributed by atoms with Gasteiger partial charge >= 0.3 is 0 Å². The van der Waals surface area contributed by atoms with Gasteiger partial charge in [0, 0.05) is 28.2 Å². The van der Waals surface area contributed by atoms with Crippen LogP contribution in [0.25, 0.3) is 22.6 Å². The number of halogens is 1. The second-order valence-corrected chi connectivity index (χ2v) is 6.09. The van der Waals surface area contributed by atoms with E-state index in [4.69, 9.17) is 10.2 Å². The normalized spacial score (nSPS) is 12.5. The minimum absolute atomic E-state index is 0.0181. The molecule has 0 fully saturated rings. The minimum atomic E-state index is -0.440. The molecule has 0 amide bonds. The molecule has 1 unspecified atom stereocenters. The summed E-state index contributed by atoms with van der Waals surface area (Å²) in [7, 11) is 0. The first-order valence-corrected chi connectivity index (χ1v) is 7.89. The van der Waals surface area contributed by atoms with Crippen LogP contribution in [0.1, 0.15) is 24.9 Å². The molecule has 118 valence electrons. The number of nitrogens with zero attached hydrogens (tertiary/aromatic N) is 2. The van der Waals surface area contributed by atoms with Gasteiger partial charge in [-0.1, -0.05) is 22.9 Å². The summed E-state index contributed by atoms with van der Waals surface area (Å²) in [6, 6.07) is 9.83. The Hall–Kier alpha value is -2.25. The van der Waals surface area contributed by atoms with Crippen molar-refractivity contribution in [2.75, 3.05) is 0 Å². The summed E-state index contributed by atoms with van der Waals surface area (Å²) < 4.78 is 6.65. The van der Waals surface area contributed by atoms with Crippen LogP contribution in [0.15, 0.2) is 45.3 Å². The van der Waals surface area contributed by atoms with Crippen LogP contribution in [0.2, 0.25) is 0 Å². The summed E-state index contributed by atoms with van der Waals surface area (Å²) in [4.78, 5) is 15.1. The number of non-ortho nitro benzene ring substituents is 1. The standard InChI is InChI=1S/C16H14BrN3O3/c1-2-13(18)11-5-4-10(20(21)22)8-12(11)16-19-14-7-9(17)3-6-15(14)23-16/h3-8,13H,2,18H2,1H3. The molecular formula is C16H14BrN3O3. The van der Waals surface area contributed by atoms with Crippen molar-refractivity contribution in [1.82, 2.24) is 4.98 Å². The Balaban J connectivity index is 2.21. The SMILES string of the molecule is CCC(N)c1ccc([N+](=O)[O-])cc1-c1nc2cc(Br)ccc2o1. The lowest BCUT2D eigenvalue weighted by atomic mass is 9.98. The van der Waals surface area contributed by atoms with Gasteiger partial charge in [0.05, 0.1) is 4.92 Å². The zero-order valence-electron chi connectivity index (χ0n) is 12.3. The molecule has 1 aromatic heterocycles. The molecule has 0 aliphatic rings. The molecule has 2 N–H and O–H groups in total. The molecule has 3 rings (SSSR count). The highest BCUT2D eigenvalue weighted by Crippen LogP contribution is 2.34. The van der Waals surface area contributed by atoms with E-state index in [1.54, 1.807) is 12.1 Å². The molecule has 1 atom stereocenters. The number of nitrogens with two attached hydrogens (primary N) is 1. The first-order chi connectivity index (χ1) is 11.0. The predicted octanol–water partition coefficient (Wildman–Crippen LogP) is 4.58. The molecule has 6 nitrogen and oxygen atoms in total. The number of rotatable bonds is 4. The van der Waals surface area contributed by atoms with E-state index >= 15 is 0 Å². The second-order valence-electron chi connectivity index (χ2n) is 5.17. The van der Waals surface area contributed by atoms with Crippen molar-refractivity contribution < 1.29 is 9.34 Å². The number of fused-ring (bicyclic) bond motifs is 1. The van der Waals surface area contributed by atoms with Crippen molar-refractivity contribution in [3.05, 3.63) is 56.5 Å². The largest absolute Gasteiger partial charge is 0.436 e. The molecule has 0 aliphatic heterocycles. The quantitative estimate of drug-likeness (QED) is 0.531. The Morgan fingerprint density at radius 3 is 2.83 bits per heavy atom. The van der Waals surface area contributed by atoms with Gasteiger partial charge in [0.25, 0.3) is 5.69 Å². The molecule has 0 spiro atoms. The van der Waals surface area contributed by atoms with Gasteiger partial charge in [-0.05, 0) is 36.2 Å². The third-order valence-corrected chi connectivity index (χ3v) is 4.16. The van der Waals surface area contributed by atoms with Crippen molar-refractivity contribution in [1.29, 1.82) is 0 Å². The molecule has 0 saturated carbocycles. The number of aromatic nitrogens is 1. The number of nitro groups is 1. The highest BCUT2D eigenvalue weighted by Gasteiger charge is 2.20. The summed E-state index contributed by atoms with van der Waals surface area (Å²) in [5.74, 6) is 0.334. The lowest BCUT2D eigenvalue weighted by Gasteiger charge is -2.12. The molecule has 0 bridgehead atoms. The summed E-state index contributed by atoms with van der Waals surface area (Å²) in [5.41, 5.74) is 8.74. The molecule has 2 aromatic carbocycles. The summed E-state index contributed by atoms with van der Waals surface area (Å²) in [5, 5.41) is 11.1. The van der Waals surface area contributed by atoms with E-state index in [1.165, 1.54) is 12.1 Å². The van der Waals surface area contributed by atoms with Gasteiger partial charge < -0.3 is 10.2 Å². The fourth-order valence-corrected chi connectivity index (χ4v) is 2.75. The van der Waals surface area contributed by atoms with E-state index in [0.29, 0.717) is 29.0 Å². The zero-order valence-corrected chi connectivity index (χ0v) is 13.9. The van der Waals surface area contributed by atoms with E-state index in [2.05, 4.69) is 20.9 Å². The molecule has 7 heteroatoms. The van der Waals surface area contributed by atoms with Gasteiger partial charge in [-0.25, -0.2) is 4.98 Å². The maximum atomic E-state index is 11.1. The Bertz CT molecular complexity index is 891. The lowest BCUT2D eigenvalue weighted by molar-refractivity contribution is -0.384. The van der Waals surface area contributed by atoms with Crippen LogP contribution in [-0.2, 0) is 0 Å². The fraction of sp³-hybridized carbons (Fsp3) is 0.188. The van der Waals surface area contributed by atoms with Crippen LogP contribution in [-0.4, -0.2) is 9.91 Å². The monoisotopic (exact) mass is 375 g/mol. The first-order valence-electron chi connectivity index (χ1n) is 7.10. The second kappa shape index (κ2) is 6.10. The maximum Gasteiger partial charge on any atom is 0.270 e. The van der Waals surface area contributed by atoms with Crippen LogP contribution in [0.3, 0.4) is 0 Å². The Kier molecular flexibility index (Phi) is 4.14. The molecule has 0 radical (unpaired) electrons. The highest BCUT2D eigenvalue weighted by atomic mass is 79.9. The van der Waals surface area contributed by atoms with Gasteiger partial charge in [-0.15, -0.1) is 0 Å². The van der Waals surface area contributed by atoms with E-state index < -0.39 is 4.92 Å². The number of hydrogen-bond acceptors (Lipinski definition) is 5. The molecule has 0 saturated heterocycles. The Labute approximate surface area is 140 Å². The van der Waals surface area contributed by atoms with Crippen molar-refractivity contribution in [3.8, 4) is 11.5 Å². The predicted molar refractivity (Wildman–Crippen MR) is 91.0 cm³/mol. The van der Waals surface area contributed by atoms with Crippen LogP contribution < -0.4 is 5.73 Å². The van der Waals surface area contributed by atoms with Crippen LogP contribution in [0.4, 0.5) is 5.69 Å². The van der Waals surface area contributed by atoms with E-state index in [9.17, 15) is 10.1 Å². The Morgan fingerprint density at radius 1 is 1.35 bits per heavy atom. The summed E-state index contributed by atoms with van der Waals surface area (Å²) >= 11 is 3.39. The number of benzene rings is 2.